The molecule has 1 aliphatic heterocycles. The highest BCUT2D eigenvalue weighted by atomic mass is 35.5. The highest BCUT2D eigenvalue weighted by molar-refractivity contribution is 5.92. The number of carbonyl (C=O) groups is 1. The van der Waals surface area contributed by atoms with Gasteiger partial charge in [-0.25, -0.2) is 4.98 Å². The van der Waals surface area contributed by atoms with Crippen molar-refractivity contribution in [2.24, 2.45) is 11.8 Å². The van der Waals surface area contributed by atoms with Gasteiger partial charge in [0.05, 0.1) is 0 Å². The molecule has 1 aromatic carbocycles. The number of hydrogen-bond acceptors (Lipinski definition) is 4. The van der Waals surface area contributed by atoms with Crippen LogP contribution < -0.4 is 10.6 Å². The fourth-order valence-corrected chi connectivity index (χ4v) is 2.78. The van der Waals surface area contributed by atoms with Gasteiger partial charge in [-0.2, -0.15) is 5.10 Å². The number of carbonyl (C=O) groups excluding carboxylic acids is 1. The SMILES string of the molecule is CC(C(=O)Nc1ccc(-c2n[nH]c(C3CC3)n2)cc1)C1CNC1.Cl. The molecule has 1 aliphatic carbocycles. The van der Waals surface area contributed by atoms with Crippen LogP contribution in [0.2, 0.25) is 0 Å². The van der Waals surface area contributed by atoms with Crippen LogP contribution in [-0.4, -0.2) is 34.2 Å². The number of rotatable bonds is 5. The Hall–Kier alpha value is -1.92. The minimum Gasteiger partial charge on any atom is -0.326 e. The average Bonchev–Trinajstić information content (AvgIpc) is 3.24. The van der Waals surface area contributed by atoms with Crippen LogP contribution in [0.25, 0.3) is 11.4 Å². The van der Waals surface area contributed by atoms with Crippen LogP contribution in [0.3, 0.4) is 0 Å². The Kier molecular flexibility index (Phi) is 4.87. The molecule has 128 valence electrons. The van der Waals surface area contributed by atoms with Crippen molar-refractivity contribution in [1.29, 1.82) is 0 Å². The highest BCUT2D eigenvalue weighted by Gasteiger charge is 2.29. The average molecular weight is 348 g/mol. The molecule has 1 unspecified atom stereocenters. The minimum atomic E-state index is 0. The Morgan fingerprint density at radius 1 is 1.25 bits per heavy atom. The van der Waals surface area contributed by atoms with Gasteiger partial charge in [-0.3, -0.25) is 9.89 Å². The summed E-state index contributed by atoms with van der Waals surface area (Å²) < 4.78 is 0. The molecule has 4 rings (SSSR count). The third-order valence-corrected chi connectivity index (χ3v) is 4.81. The zero-order valence-electron chi connectivity index (χ0n) is 13.6. The van der Waals surface area contributed by atoms with Crippen molar-refractivity contribution in [1.82, 2.24) is 20.5 Å². The van der Waals surface area contributed by atoms with Crippen molar-refractivity contribution in [2.45, 2.75) is 25.7 Å². The lowest BCUT2D eigenvalue weighted by Crippen LogP contribution is -2.48. The summed E-state index contributed by atoms with van der Waals surface area (Å²) in [5, 5.41) is 13.5. The van der Waals surface area contributed by atoms with Gasteiger partial charge in [0.15, 0.2) is 5.82 Å². The maximum Gasteiger partial charge on any atom is 0.227 e. The molecular formula is C17H22ClN5O. The van der Waals surface area contributed by atoms with Gasteiger partial charge in [-0.05, 0) is 56.1 Å². The topological polar surface area (TPSA) is 82.7 Å². The number of amides is 1. The molecule has 2 aliphatic rings. The molecule has 0 radical (unpaired) electrons. The fourth-order valence-electron chi connectivity index (χ4n) is 2.78. The molecule has 1 saturated carbocycles. The second kappa shape index (κ2) is 6.91. The zero-order valence-corrected chi connectivity index (χ0v) is 14.4. The van der Waals surface area contributed by atoms with E-state index in [9.17, 15) is 4.79 Å². The van der Waals surface area contributed by atoms with Gasteiger partial charge in [-0.1, -0.05) is 6.92 Å². The Morgan fingerprint density at radius 2 is 1.96 bits per heavy atom. The summed E-state index contributed by atoms with van der Waals surface area (Å²) in [6, 6.07) is 7.72. The molecule has 3 N–H and O–H groups in total. The number of benzene rings is 1. The van der Waals surface area contributed by atoms with Gasteiger partial charge in [0, 0.05) is 23.1 Å². The number of aromatic nitrogens is 3. The summed E-state index contributed by atoms with van der Waals surface area (Å²) in [6.45, 7) is 3.85. The standard InChI is InChI=1S/C17H21N5O.ClH/c1-10(13-8-18-9-13)17(23)19-14-6-4-12(5-7-14)16-20-15(21-22-16)11-2-3-11;/h4-7,10-11,13,18H,2-3,8-9H2,1H3,(H,19,23)(H,20,21,22);1H. The summed E-state index contributed by atoms with van der Waals surface area (Å²) in [5.41, 5.74) is 1.78. The molecule has 7 heteroatoms. The monoisotopic (exact) mass is 347 g/mol. The molecule has 1 atom stereocenters. The molecule has 0 spiro atoms. The van der Waals surface area contributed by atoms with Crippen LogP contribution in [-0.2, 0) is 4.79 Å². The number of nitrogens with zero attached hydrogens (tertiary/aromatic N) is 2. The van der Waals surface area contributed by atoms with Crippen LogP contribution >= 0.6 is 12.4 Å². The van der Waals surface area contributed by atoms with E-state index in [0.29, 0.717) is 11.8 Å². The smallest absolute Gasteiger partial charge is 0.227 e. The first-order chi connectivity index (χ1) is 11.2. The zero-order chi connectivity index (χ0) is 15.8. The molecule has 2 heterocycles. The second-order valence-electron chi connectivity index (χ2n) is 6.59. The van der Waals surface area contributed by atoms with Crippen molar-refractivity contribution in [3.8, 4) is 11.4 Å². The first-order valence-electron chi connectivity index (χ1n) is 8.25. The van der Waals surface area contributed by atoms with E-state index in [-0.39, 0.29) is 24.2 Å². The van der Waals surface area contributed by atoms with Crippen LogP contribution in [0.5, 0.6) is 0 Å². The van der Waals surface area contributed by atoms with E-state index in [4.69, 9.17) is 0 Å². The van der Waals surface area contributed by atoms with E-state index >= 15 is 0 Å². The fraction of sp³-hybridized carbons (Fsp3) is 0.471. The molecule has 0 bridgehead atoms. The first kappa shape index (κ1) is 16.9. The van der Waals surface area contributed by atoms with Crippen LogP contribution in [0, 0.1) is 11.8 Å². The van der Waals surface area contributed by atoms with Gasteiger partial charge in [0.25, 0.3) is 0 Å². The third-order valence-electron chi connectivity index (χ3n) is 4.81. The van der Waals surface area contributed by atoms with E-state index < -0.39 is 0 Å². The minimum absolute atomic E-state index is 0. The van der Waals surface area contributed by atoms with E-state index in [1.54, 1.807) is 0 Å². The molecule has 1 amide bonds. The van der Waals surface area contributed by atoms with Crippen molar-refractivity contribution >= 4 is 24.0 Å². The predicted molar refractivity (Wildman–Crippen MR) is 95.2 cm³/mol. The summed E-state index contributed by atoms with van der Waals surface area (Å²) in [7, 11) is 0. The molecule has 2 aromatic rings. The predicted octanol–water partition coefficient (Wildman–Crippen LogP) is 2.56. The molecular weight excluding hydrogens is 326 g/mol. The maximum absolute atomic E-state index is 12.2. The summed E-state index contributed by atoms with van der Waals surface area (Å²) >= 11 is 0. The molecule has 6 nitrogen and oxygen atoms in total. The lowest BCUT2D eigenvalue weighted by atomic mass is 9.88. The number of anilines is 1. The summed E-state index contributed by atoms with van der Waals surface area (Å²) in [4.78, 5) is 16.8. The quantitative estimate of drug-likeness (QED) is 0.776. The lowest BCUT2D eigenvalue weighted by molar-refractivity contribution is -0.121. The third kappa shape index (κ3) is 3.44. The van der Waals surface area contributed by atoms with E-state index in [1.165, 1.54) is 12.8 Å². The maximum atomic E-state index is 12.2. The van der Waals surface area contributed by atoms with Gasteiger partial charge < -0.3 is 10.6 Å². The highest BCUT2D eigenvalue weighted by Crippen LogP contribution is 2.38. The van der Waals surface area contributed by atoms with E-state index in [1.807, 2.05) is 31.2 Å². The normalized spacial score (nSPS) is 18.4. The van der Waals surface area contributed by atoms with Crippen molar-refractivity contribution in [2.75, 3.05) is 18.4 Å². The Morgan fingerprint density at radius 3 is 2.54 bits per heavy atom. The van der Waals surface area contributed by atoms with Crippen LogP contribution in [0.4, 0.5) is 5.69 Å². The lowest BCUT2D eigenvalue weighted by Gasteiger charge is -2.31. The molecule has 24 heavy (non-hydrogen) atoms. The summed E-state index contributed by atoms with van der Waals surface area (Å²) in [5.74, 6) is 2.84. The molecule has 1 aromatic heterocycles. The van der Waals surface area contributed by atoms with Gasteiger partial charge >= 0.3 is 0 Å². The second-order valence-corrected chi connectivity index (χ2v) is 6.59. The summed E-state index contributed by atoms with van der Waals surface area (Å²) in [6.07, 6.45) is 2.41. The number of nitrogens with one attached hydrogen (secondary N) is 3. The van der Waals surface area contributed by atoms with Crippen LogP contribution in [0.1, 0.15) is 31.5 Å². The molecule has 2 fully saturated rings. The van der Waals surface area contributed by atoms with Gasteiger partial charge in [-0.15, -0.1) is 12.4 Å². The van der Waals surface area contributed by atoms with Gasteiger partial charge in [0.2, 0.25) is 5.91 Å². The van der Waals surface area contributed by atoms with Crippen LogP contribution in [0.15, 0.2) is 24.3 Å². The van der Waals surface area contributed by atoms with E-state index in [2.05, 4.69) is 25.8 Å². The van der Waals surface area contributed by atoms with Crippen molar-refractivity contribution in [3.63, 3.8) is 0 Å². The van der Waals surface area contributed by atoms with Gasteiger partial charge in [0.1, 0.15) is 5.82 Å². The number of hydrogen-bond donors (Lipinski definition) is 3. The number of H-pyrrole nitrogens is 1. The van der Waals surface area contributed by atoms with Crippen molar-refractivity contribution in [3.05, 3.63) is 30.1 Å². The molecule has 1 saturated heterocycles. The Balaban J connectivity index is 0.00000169. The number of aromatic amines is 1. The Labute approximate surface area is 147 Å². The first-order valence-corrected chi connectivity index (χ1v) is 8.25. The van der Waals surface area contributed by atoms with Crippen molar-refractivity contribution < 1.29 is 4.79 Å². The number of halogens is 1. The Bertz CT molecular complexity index is 706. The van der Waals surface area contributed by atoms with E-state index in [0.717, 1.165) is 36.0 Å². The largest absolute Gasteiger partial charge is 0.326 e.